The highest BCUT2D eigenvalue weighted by atomic mass is 32.2. The molecule has 1 aromatic rings. The minimum atomic E-state index is -0.890. The van der Waals surface area contributed by atoms with Gasteiger partial charge in [-0.15, -0.1) is 0 Å². The van der Waals surface area contributed by atoms with Gasteiger partial charge in [0, 0.05) is 31.2 Å². The Morgan fingerprint density at radius 2 is 1.91 bits per heavy atom. The quantitative estimate of drug-likeness (QED) is 0.713. The summed E-state index contributed by atoms with van der Waals surface area (Å²) in [5.41, 5.74) is 1.36. The first-order valence-corrected chi connectivity index (χ1v) is 8.26. The molecule has 2 N–H and O–H groups in total. The van der Waals surface area contributed by atoms with Crippen LogP contribution in [0.1, 0.15) is 25.8 Å². The van der Waals surface area contributed by atoms with Crippen LogP contribution in [0.15, 0.2) is 35.9 Å². The van der Waals surface area contributed by atoms with Gasteiger partial charge >= 0.3 is 5.97 Å². The van der Waals surface area contributed by atoms with Gasteiger partial charge in [0.2, 0.25) is 5.91 Å². The fraction of sp³-hybridized carbons (Fsp3) is 0.353. The Kier molecular flexibility index (Phi) is 8.11. The average molecular weight is 335 g/mol. The van der Waals surface area contributed by atoms with Crippen molar-refractivity contribution in [3.63, 3.8) is 0 Å². The molecule has 0 radical (unpaired) electrons. The van der Waals surface area contributed by atoms with Crippen molar-refractivity contribution in [1.82, 2.24) is 5.32 Å². The number of benzene rings is 1. The van der Waals surface area contributed by atoms with Crippen molar-refractivity contribution in [2.24, 2.45) is 5.92 Å². The van der Waals surface area contributed by atoms with Crippen LogP contribution in [0.2, 0.25) is 0 Å². The first kappa shape index (κ1) is 19.0. The molecular formula is C17H21NO4S. The van der Waals surface area contributed by atoms with E-state index in [1.54, 1.807) is 13.0 Å². The van der Waals surface area contributed by atoms with Gasteiger partial charge in [0.1, 0.15) is 0 Å². The summed E-state index contributed by atoms with van der Waals surface area (Å²) in [6.07, 6.45) is 1.74. The summed E-state index contributed by atoms with van der Waals surface area (Å²) in [7, 11) is 0. The first-order valence-electron chi connectivity index (χ1n) is 7.27. The average Bonchev–Trinajstić information content (AvgIpc) is 2.49. The molecule has 0 bridgehead atoms. The number of carbonyl (C=O) groups is 3. The van der Waals surface area contributed by atoms with E-state index in [0.29, 0.717) is 5.57 Å². The van der Waals surface area contributed by atoms with Gasteiger partial charge < -0.3 is 10.4 Å². The number of hydrogen-bond acceptors (Lipinski definition) is 4. The van der Waals surface area contributed by atoms with Crippen LogP contribution >= 0.6 is 11.8 Å². The van der Waals surface area contributed by atoms with Crippen molar-refractivity contribution in [2.75, 3.05) is 12.3 Å². The van der Waals surface area contributed by atoms with Crippen molar-refractivity contribution in [3.8, 4) is 0 Å². The monoisotopic (exact) mass is 335 g/mol. The van der Waals surface area contributed by atoms with Gasteiger partial charge in [-0.25, -0.2) is 0 Å². The summed E-state index contributed by atoms with van der Waals surface area (Å²) in [5.74, 6) is -1.04. The maximum Gasteiger partial charge on any atom is 0.303 e. The highest BCUT2D eigenvalue weighted by molar-refractivity contribution is 8.13. The summed E-state index contributed by atoms with van der Waals surface area (Å²) in [6, 6.07) is 9.37. The molecule has 6 heteroatoms. The van der Waals surface area contributed by atoms with E-state index < -0.39 is 5.97 Å². The van der Waals surface area contributed by atoms with Crippen LogP contribution in [0, 0.1) is 5.92 Å². The summed E-state index contributed by atoms with van der Waals surface area (Å²) >= 11 is 1.07. The van der Waals surface area contributed by atoms with Gasteiger partial charge in [-0.2, -0.15) is 0 Å². The van der Waals surface area contributed by atoms with E-state index in [1.807, 2.05) is 30.3 Å². The van der Waals surface area contributed by atoms with Crippen molar-refractivity contribution in [2.45, 2.75) is 20.3 Å². The van der Waals surface area contributed by atoms with E-state index in [1.165, 1.54) is 6.92 Å². The third kappa shape index (κ3) is 8.21. The normalized spacial score (nSPS) is 12.5. The smallest absolute Gasteiger partial charge is 0.303 e. The molecule has 0 aromatic heterocycles. The lowest BCUT2D eigenvalue weighted by atomic mass is 10.1. The van der Waals surface area contributed by atoms with E-state index in [0.717, 1.165) is 17.3 Å². The zero-order valence-corrected chi connectivity index (χ0v) is 14.1. The minimum absolute atomic E-state index is 0.000207. The Bertz CT molecular complexity index is 584. The lowest BCUT2D eigenvalue weighted by molar-refractivity contribution is -0.138. The fourth-order valence-corrected chi connectivity index (χ4v) is 2.43. The van der Waals surface area contributed by atoms with Gasteiger partial charge in [0.05, 0.1) is 0 Å². The summed E-state index contributed by atoms with van der Waals surface area (Å²) in [6.45, 7) is 3.50. The Balaban J connectivity index is 2.74. The standard InChI is InChI=1S/C17H21NO4S/c1-12(8-16(20)21)10-18-17(22)15(11-23-13(2)19)9-14-6-4-3-5-7-14/h3-7,9,12H,8,10-11H2,1-2H3,(H,18,22)(H,20,21)/b15-9-. The third-order valence-corrected chi connectivity index (χ3v) is 3.86. The molecule has 0 aliphatic heterocycles. The van der Waals surface area contributed by atoms with Crippen LogP contribution in [0.3, 0.4) is 0 Å². The van der Waals surface area contributed by atoms with Crippen molar-refractivity contribution >= 4 is 34.8 Å². The van der Waals surface area contributed by atoms with Crippen LogP contribution in [0.5, 0.6) is 0 Å². The van der Waals surface area contributed by atoms with Crippen LogP contribution in [-0.2, 0) is 14.4 Å². The lowest BCUT2D eigenvalue weighted by Crippen LogP contribution is -2.31. The molecule has 124 valence electrons. The molecule has 1 rings (SSSR count). The van der Waals surface area contributed by atoms with E-state index >= 15 is 0 Å². The van der Waals surface area contributed by atoms with Crippen molar-refractivity contribution in [3.05, 3.63) is 41.5 Å². The topological polar surface area (TPSA) is 83.5 Å². The van der Waals surface area contributed by atoms with E-state index in [4.69, 9.17) is 5.11 Å². The van der Waals surface area contributed by atoms with E-state index in [9.17, 15) is 14.4 Å². The van der Waals surface area contributed by atoms with E-state index in [2.05, 4.69) is 5.32 Å². The van der Waals surface area contributed by atoms with Crippen LogP contribution in [0.25, 0.3) is 6.08 Å². The molecule has 23 heavy (non-hydrogen) atoms. The molecule has 0 fully saturated rings. The highest BCUT2D eigenvalue weighted by Gasteiger charge is 2.14. The van der Waals surface area contributed by atoms with Crippen LogP contribution in [-0.4, -0.2) is 34.4 Å². The fourth-order valence-electron chi connectivity index (χ4n) is 1.85. The molecular weight excluding hydrogens is 314 g/mol. The predicted molar refractivity (Wildman–Crippen MR) is 92.0 cm³/mol. The van der Waals surface area contributed by atoms with Crippen molar-refractivity contribution < 1.29 is 19.5 Å². The largest absolute Gasteiger partial charge is 0.481 e. The zero-order chi connectivity index (χ0) is 17.2. The number of aliphatic carboxylic acids is 1. The second kappa shape index (κ2) is 9.84. The summed E-state index contributed by atoms with van der Waals surface area (Å²) < 4.78 is 0. The predicted octanol–water partition coefficient (Wildman–Crippen LogP) is 2.58. The van der Waals surface area contributed by atoms with Crippen LogP contribution in [0.4, 0.5) is 0 Å². The highest BCUT2D eigenvalue weighted by Crippen LogP contribution is 2.14. The van der Waals surface area contributed by atoms with Gasteiger partial charge in [-0.3, -0.25) is 14.4 Å². The SMILES string of the molecule is CC(=O)SC/C(=C/c1ccccc1)C(=O)NCC(C)CC(=O)O. The molecule has 0 saturated carbocycles. The van der Waals surface area contributed by atoms with Gasteiger partial charge in [0.25, 0.3) is 0 Å². The lowest BCUT2D eigenvalue weighted by Gasteiger charge is -2.12. The zero-order valence-electron chi connectivity index (χ0n) is 13.2. The minimum Gasteiger partial charge on any atom is -0.481 e. The van der Waals surface area contributed by atoms with Gasteiger partial charge in [-0.1, -0.05) is 49.0 Å². The maximum atomic E-state index is 12.3. The number of carboxylic acid groups (broad SMARTS) is 1. The molecule has 0 spiro atoms. The number of thioether (sulfide) groups is 1. The number of carboxylic acids is 1. The molecule has 0 heterocycles. The second-order valence-corrected chi connectivity index (χ2v) is 6.43. The summed E-state index contributed by atoms with van der Waals surface area (Å²) in [5, 5.41) is 11.4. The van der Waals surface area contributed by atoms with Crippen molar-refractivity contribution in [1.29, 1.82) is 0 Å². The summed E-state index contributed by atoms with van der Waals surface area (Å²) in [4.78, 5) is 34.1. The van der Waals surface area contributed by atoms with Gasteiger partial charge in [0.15, 0.2) is 5.12 Å². The number of amides is 1. The number of rotatable bonds is 8. The number of nitrogens with one attached hydrogen (secondary N) is 1. The molecule has 0 aliphatic carbocycles. The Morgan fingerprint density at radius 1 is 1.26 bits per heavy atom. The Labute approximate surface area is 140 Å². The van der Waals surface area contributed by atoms with Crippen LogP contribution < -0.4 is 5.32 Å². The first-order chi connectivity index (χ1) is 10.9. The van der Waals surface area contributed by atoms with Gasteiger partial charge in [-0.05, 0) is 17.6 Å². The molecule has 5 nitrogen and oxygen atoms in total. The molecule has 1 aromatic carbocycles. The molecule has 0 aliphatic rings. The third-order valence-electron chi connectivity index (χ3n) is 3.00. The number of hydrogen-bond donors (Lipinski definition) is 2. The molecule has 1 atom stereocenters. The molecule has 0 saturated heterocycles. The Morgan fingerprint density at radius 3 is 2.48 bits per heavy atom. The maximum absolute atomic E-state index is 12.3. The molecule has 1 unspecified atom stereocenters. The molecule has 1 amide bonds. The van der Waals surface area contributed by atoms with E-state index in [-0.39, 0.29) is 35.7 Å². The number of carbonyl (C=O) groups excluding carboxylic acids is 2. The Hall–Kier alpha value is -2.08. The second-order valence-electron chi connectivity index (χ2n) is 5.27.